The van der Waals surface area contributed by atoms with Gasteiger partial charge >= 0.3 is 0 Å². The van der Waals surface area contributed by atoms with Crippen molar-refractivity contribution in [2.24, 2.45) is 0 Å². The highest BCUT2D eigenvalue weighted by atomic mass is 16.3. The predicted octanol–water partition coefficient (Wildman–Crippen LogP) is 2.15. The molecule has 0 spiro atoms. The number of hydrogen-bond acceptors (Lipinski definition) is 1. The Balaban J connectivity index is 2.73. The van der Waals surface area contributed by atoms with Crippen molar-refractivity contribution in [3.63, 3.8) is 0 Å². The second kappa shape index (κ2) is 3.23. The first-order chi connectivity index (χ1) is 6.36. The molecule has 2 nitrogen and oxygen atoms in total. The van der Waals surface area contributed by atoms with Crippen LogP contribution in [0.15, 0.2) is 30.5 Å². The van der Waals surface area contributed by atoms with Gasteiger partial charge in [0, 0.05) is 18.1 Å². The number of aliphatic hydroxyl groups is 1. The summed E-state index contributed by atoms with van der Waals surface area (Å²) in [6, 6.07) is 8.14. The highest BCUT2D eigenvalue weighted by Crippen LogP contribution is 2.20. The molecule has 0 aliphatic heterocycles. The summed E-state index contributed by atoms with van der Waals surface area (Å²) in [7, 11) is 0. The minimum atomic E-state index is 0.112. The maximum atomic E-state index is 9.22. The standard InChI is InChI=1S/C11H13NO/c1-2-12-7-9-5-3-4-6-10(9)11(12)8-13/h3-7,13H,2,8H2,1H3. The largest absolute Gasteiger partial charge is 0.390 e. The summed E-state index contributed by atoms with van der Waals surface area (Å²) in [5, 5.41) is 11.6. The molecule has 1 aromatic heterocycles. The Kier molecular flexibility index (Phi) is 2.07. The van der Waals surface area contributed by atoms with E-state index in [0.717, 1.165) is 17.6 Å². The first kappa shape index (κ1) is 8.32. The quantitative estimate of drug-likeness (QED) is 0.743. The monoisotopic (exact) mass is 175 g/mol. The van der Waals surface area contributed by atoms with Gasteiger partial charge in [0.05, 0.1) is 12.3 Å². The van der Waals surface area contributed by atoms with Crippen LogP contribution in [0.1, 0.15) is 12.6 Å². The molecular formula is C11H13NO. The summed E-state index contributed by atoms with van der Waals surface area (Å²) in [6.07, 6.45) is 2.08. The molecule has 0 atom stereocenters. The predicted molar refractivity (Wildman–Crippen MR) is 53.5 cm³/mol. The second-order valence-corrected chi connectivity index (χ2v) is 3.11. The van der Waals surface area contributed by atoms with Crippen LogP contribution in [0.4, 0.5) is 0 Å². The zero-order valence-electron chi connectivity index (χ0n) is 7.70. The van der Waals surface area contributed by atoms with E-state index in [-0.39, 0.29) is 6.61 Å². The van der Waals surface area contributed by atoms with E-state index in [1.165, 1.54) is 5.39 Å². The third-order valence-electron chi connectivity index (χ3n) is 2.40. The van der Waals surface area contributed by atoms with Gasteiger partial charge in [-0.2, -0.15) is 0 Å². The average Bonchev–Trinajstić information content (AvgIpc) is 2.55. The molecule has 0 fully saturated rings. The van der Waals surface area contributed by atoms with Gasteiger partial charge in [-0.3, -0.25) is 0 Å². The summed E-state index contributed by atoms with van der Waals surface area (Å²) in [5.41, 5.74) is 1.01. The number of rotatable bonds is 2. The van der Waals surface area contributed by atoms with Gasteiger partial charge in [-0.15, -0.1) is 0 Å². The molecule has 2 aromatic rings. The molecule has 2 rings (SSSR count). The summed E-state index contributed by atoms with van der Waals surface area (Å²) < 4.78 is 2.09. The number of aryl methyl sites for hydroxylation is 1. The van der Waals surface area contributed by atoms with Crippen LogP contribution < -0.4 is 0 Å². The molecular weight excluding hydrogens is 162 g/mol. The van der Waals surface area contributed by atoms with Crippen LogP contribution in [0, 0.1) is 0 Å². The van der Waals surface area contributed by atoms with Crippen LogP contribution >= 0.6 is 0 Å². The van der Waals surface area contributed by atoms with Gasteiger partial charge in [-0.25, -0.2) is 0 Å². The Morgan fingerprint density at radius 1 is 1.31 bits per heavy atom. The van der Waals surface area contributed by atoms with Crippen molar-refractivity contribution in [1.82, 2.24) is 4.57 Å². The minimum absolute atomic E-state index is 0.112. The zero-order chi connectivity index (χ0) is 9.26. The van der Waals surface area contributed by atoms with Crippen molar-refractivity contribution in [3.05, 3.63) is 36.2 Å². The Morgan fingerprint density at radius 3 is 2.77 bits per heavy atom. The molecule has 1 N–H and O–H groups in total. The molecule has 0 saturated heterocycles. The van der Waals surface area contributed by atoms with Gasteiger partial charge in [-0.05, 0) is 12.3 Å². The zero-order valence-corrected chi connectivity index (χ0v) is 7.70. The van der Waals surface area contributed by atoms with Gasteiger partial charge in [-0.1, -0.05) is 24.3 Å². The van der Waals surface area contributed by atoms with Crippen LogP contribution in [0.3, 0.4) is 0 Å². The maximum Gasteiger partial charge on any atom is 0.0839 e. The number of nitrogens with zero attached hydrogens (tertiary/aromatic N) is 1. The minimum Gasteiger partial charge on any atom is -0.390 e. The number of aromatic nitrogens is 1. The van der Waals surface area contributed by atoms with Crippen LogP contribution in [0.25, 0.3) is 10.8 Å². The van der Waals surface area contributed by atoms with Gasteiger partial charge in [0.1, 0.15) is 0 Å². The summed E-state index contributed by atoms with van der Waals surface area (Å²) in [6.45, 7) is 3.10. The number of fused-ring (bicyclic) bond motifs is 1. The van der Waals surface area contributed by atoms with Gasteiger partial charge < -0.3 is 9.67 Å². The number of benzene rings is 1. The molecule has 0 saturated carbocycles. The van der Waals surface area contributed by atoms with Crippen molar-refractivity contribution >= 4 is 10.8 Å². The van der Waals surface area contributed by atoms with E-state index in [1.54, 1.807) is 0 Å². The fraction of sp³-hybridized carbons (Fsp3) is 0.273. The van der Waals surface area contributed by atoms with E-state index in [1.807, 2.05) is 18.2 Å². The summed E-state index contributed by atoms with van der Waals surface area (Å²) in [4.78, 5) is 0. The Morgan fingerprint density at radius 2 is 2.08 bits per heavy atom. The molecule has 0 radical (unpaired) electrons. The van der Waals surface area contributed by atoms with Crippen molar-refractivity contribution in [1.29, 1.82) is 0 Å². The Hall–Kier alpha value is -1.28. The lowest BCUT2D eigenvalue weighted by Gasteiger charge is -2.02. The topological polar surface area (TPSA) is 25.2 Å². The van der Waals surface area contributed by atoms with E-state index in [4.69, 9.17) is 0 Å². The Labute approximate surface area is 77.4 Å². The summed E-state index contributed by atoms with van der Waals surface area (Å²) in [5.74, 6) is 0. The second-order valence-electron chi connectivity index (χ2n) is 3.11. The molecule has 0 amide bonds. The maximum absolute atomic E-state index is 9.22. The average molecular weight is 175 g/mol. The third kappa shape index (κ3) is 1.23. The first-order valence-electron chi connectivity index (χ1n) is 4.54. The summed E-state index contributed by atoms with van der Waals surface area (Å²) >= 11 is 0. The van der Waals surface area contributed by atoms with Crippen LogP contribution in [-0.4, -0.2) is 9.67 Å². The molecule has 68 valence electrons. The highest BCUT2D eigenvalue weighted by Gasteiger charge is 2.05. The molecule has 13 heavy (non-hydrogen) atoms. The van der Waals surface area contributed by atoms with E-state index in [0.29, 0.717) is 0 Å². The molecule has 0 aliphatic rings. The highest BCUT2D eigenvalue weighted by molar-refractivity contribution is 5.85. The molecule has 0 aliphatic carbocycles. The lowest BCUT2D eigenvalue weighted by molar-refractivity contribution is 0.272. The third-order valence-corrected chi connectivity index (χ3v) is 2.40. The molecule has 2 heteroatoms. The normalized spacial score (nSPS) is 10.9. The first-order valence-corrected chi connectivity index (χ1v) is 4.54. The van der Waals surface area contributed by atoms with Crippen LogP contribution in [0.2, 0.25) is 0 Å². The van der Waals surface area contributed by atoms with Gasteiger partial charge in [0.2, 0.25) is 0 Å². The van der Waals surface area contributed by atoms with Crippen molar-refractivity contribution in [3.8, 4) is 0 Å². The van der Waals surface area contributed by atoms with Crippen molar-refractivity contribution < 1.29 is 5.11 Å². The smallest absolute Gasteiger partial charge is 0.0839 e. The molecule has 1 heterocycles. The van der Waals surface area contributed by atoms with E-state index < -0.39 is 0 Å². The van der Waals surface area contributed by atoms with Gasteiger partial charge in [0.15, 0.2) is 0 Å². The van der Waals surface area contributed by atoms with Crippen molar-refractivity contribution in [2.75, 3.05) is 0 Å². The number of hydrogen-bond donors (Lipinski definition) is 1. The fourth-order valence-electron chi connectivity index (χ4n) is 1.73. The molecule has 0 bridgehead atoms. The van der Waals surface area contributed by atoms with Crippen LogP contribution in [0.5, 0.6) is 0 Å². The van der Waals surface area contributed by atoms with E-state index >= 15 is 0 Å². The van der Waals surface area contributed by atoms with E-state index in [2.05, 4.69) is 23.8 Å². The van der Waals surface area contributed by atoms with Crippen molar-refractivity contribution in [2.45, 2.75) is 20.1 Å². The SMILES string of the molecule is CCn1cc2ccccc2c1CO. The fourth-order valence-corrected chi connectivity index (χ4v) is 1.73. The lowest BCUT2D eigenvalue weighted by atomic mass is 10.2. The number of aliphatic hydroxyl groups excluding tert-OH is 1. The van der Waals surface area contributed by atoms with E-state index in [9.17, 15) is 5.11 Å². The lowest BCUT2D eigenvalue weighted by Crippen LogP contribution is -1.98. The molecule has 1 aromatic carbocycles. The Bertz CT molecular complexity index is 417. The molecule has 0 unspecified atom stereocenters. The van der Waals surface area contributed by atoms with Crippen LogP contribution in [-0.2, 0) is 13.2 Å². The van der Waals surface area contributed by atoms with Gasteiger partial charge in [0.25, 0.3) is 0 Å².